The highest BCUT2D eigenvalue weighted by Gasteiger charge is 2.18. The molecule has 1 aliphatic heterocycles. The van der Waals surface area contributed by atoms with Crippen LogP contribution < -0.4 is 4.74 Å². The summed E-state index contributed by atoms with van der Waals surface area (Å²) in [5.74, 6) is 0.942. The fraction of sp³-hybridized carbons (Fsp3) is 0.333. The molecule has 0 unspecified atom stereocenters. The summed E-state index contributed by atoms with van der Waals surface area (Å²) in [6.45, 7) is 1.11. The van der Waals surface area contributed by atoms with Gasteiger partial charge in [-0.3, -0.25) is 0 Å². The first-order valence-electron chi connectivity index (χ1n) is 5.77. The van der Waals surface area contributed by atoms with Crippen LogP contribution in [-0.2, 0) is 17.8 Å². The molecule has 3 heterocycles. The van der Waals surface area contributed by atoms with Crippen molar-refractivity contribution in [3.8, 4) is 17.4 Å². The summed E-state index contributed by atoms with van der Waals surface area (Å²) >= 11 is 6.17. The molecule has 0 radical (unpaired) electrons. The SMILES string of the molecule is COc1cc(-c2nc(Cl)c3c(n2)CCOC3)ncn1. The van der Waals surface area contributed by atoms with Crippen molar-refractivity contribution in [1.29, 1.82) is 0 Å². The third-order valence-corrected chi connectivity index (χ3v) is 3.16. The molecule has 0 saturated heterocycles. The number of rotatable bonds is 2. The molecule has 19 heavy (non-hydrogen) atoms. The van der Waals surface area contributed by atoms with Crippen LogP contribution in [0.4, 0.5) is 0 Å². The Morgan fingerprint density at radius 1 is 1.32 bits per heavy atom. The average Bonchev–Trinajstić information content (AvgIpc) is 2.47. The van der Waals surface area contributed by atoms with E-state index in [0.29, 0.717) is 35.8 Å². The lowest BCUT2D eigenvalue weighted by atomic mass is 10.1. The highest BCUT2D eigenvalue weighted by molar-refractivity contribution is 6.30. The Morgan fingerprint density at radius 3 is 3.05 bits per heavy atom. The van der Waals surface area contributed by atoms with Crippen molar-refractivity contribution in [2.75, 3.05) is 13.7 Å². The van der Waals surface area contributed by atoms with Gasteiger partial charge in [-0.15, -0.1) is 0 Å². The smallest absolute Gasteiger partial charge is 0.216 e. The number of ether oxygens (including phenoxy) is 2. The molecule has 2 aromatic heterocycles. The molecule has 2 aromatic rings. The summed E-state index contributed by atoms with van der Waals surface area (Å²) < 4.78 is 10.4. The molecule has 1 aliphatic rings. The van der Waals surface area contributed by atoms with E-state index >= 15 is 0 Å². The number of hydrogen-bond donors (Lipinski definition) is 0. The third-order valence-electron chi connectivity index (χ3n) is 2.85. The Bertz CT molecular complexity index is 621. The van der Waals surface area contributed by atoms with Gasteiger partial charge in [0.15, 0.2) is 5.82 Å². The second-order valence-electron chi connectivity index (χ2n) is 4.01. The largest absolute Gasteiger partial charge is 0.481 e. The van der Waals surface area contributed by atoms with Gasteiger partial charge in [0.1, 0.15) is 17.2 Å². The van der Waals surface area contributed by atoms with Crippen LogP contribution in [0.2, 0.25) is 5.15 Å². The van der Waals surface area contributed by atoms with Crippen LogP contribution in [-0.4, -0.2) is 33.7 Å². The Kier molecular flexibility index (Phi) is 3.27. The molecule has 0 saturated carbocycles. The van der Waals surface area contributed by atoms with Gasteiger partial charge in [0.05, 0.1) is 26.0 Å². The van der Waals surface area contributed by atoms with Gasteiger partial charge in [0.25, 0.3) is 0 Å². The standard InChI is InChI=1S/C12H11ClN4O2/c1-18-10-4-9(14-6-15-10)12-16-8-2-3-19-5-7(8)11(13)17-12/h4,6H,2-3,5H2,1H3. The van der Waals surface area contributed by atoms with Crippen molar-refractivity contribution >= 4 is 11.6 Å². The summed E-state index contributed by atoms with van der Waals surface area (Å²) in [5, 5.41) is 0.414. The van der Waals surface area contributed by atoms with Crippen LogP contribution in [0.5, 0.6) is 5.88 Å². The van der Waals surface area contributed by atoms with Gasteiger partial charge in [-0.05, 0) is 0 Å². The summed E-state index contributed by atoms with van der Waals surface area (Å²) in [6.07, 6.45) is 2.14. The zero-order valence-corrected chi connectivity index (χ0v) is 11.0. The van der Waals surface area contributed by atoms with Crippen molar-refractivity contribution in [2.45, 2.75) is 13.0 Å². The minimum atomic E-state index is 0.414. The van der Waals surface area contributed by atoms with Gasteiger partial charge in [0, 0.05) is 18.1 Å². The second kappa shape index (κ2) is 5.07. The van der Waals surface area contributed by atoms with Crippen molar-refractivity contribution in [2.24, 2.45) is 0 Å². The maximum Gasteiger partial charge on any atom is 0.216 e. The zero-order valence-electron chi connectivity index (χ0n) is 10.3. The molecular formula is C12H11ClN4O2. The molecule has 0 fully saturated rings. The maximum absolute atomic E-state index is 6.17. The topological polar surface area (TPSA) is 70.0 Å². The number of nitrogens with zero attached hydrogens (tertiary/aromatic N) is 4. The second-order valence-corrected chi connectivity index (χ2v) is 4.37. The molecule has 98 valence electrons. The summed E-state index contributed by atoms with van der Waals surface area (Å²) in [4.78, 5) is 16.9. The van der Waals surface area contributed by atoms with Crippen molar-refractivity contribution in [1.82, 2.24) is 19.9 Å². The lowest BCUT2D eigenvalue weighted by Crippen LogP contribution is -2.14. The van der Waals surface area contributed by atoms with Crippen LogP contribution in [0.25, 0.3) is 11.5 Å². The molecule has 6 nitrogen and oxygen atoms in total. The Labute approximate surface area is 114 Å². The van der Waals surface area contributed by atoms with Crippen LogP contribution >= 0.6 is 11.6 Å². The first-order chi connectivity index (χ1) is 9.28. The lowest BCUT2D eigenvalue weighted by Gasteiger charge is -2.16. The predicted octanol–water partition coefficient (Wildman–Crippen LogP) is 1.67. The highest BCUT2D eigenvalue weighted by atomic mass is 35.5. The van der Waals surface area contributed by atoms with Crippen molar-refractivity contribution in [3.63, 3.8) is 0 Å². The molecule has 7 heteroatoms. The van der Waals surface area contributed by atoms with Gasteiger partial charge in [-0.25, -0.2) is 19.9 Å². The molecule has 0 atom stereocenters. The molecule has 0 aliphatic carbocycles. The minimum absolute atomic E-state index is 0.414. The van der Waals surface area contributed by atoms with Crippen molar-refractivity contribution < 1.29 is 9.47 Å². The Morgan fingerprint density at radius 2 is 2.21 bits per heavy atom. The average molecular weight is 279 g/mol. The Balaban J connectivity index is 2.07. The normalized spacial score (nSPS) is 14.0. The number of methoxy groups -OCH3 is 1. The third kappa shape index (κ3) is 2.36. The van der Waals surface area contributed by atoms with E-state index < -0.39 is 0 Å². The molecule has 3 rings (SSSR count). The highest BCUT2D eigenvalue weighted by Crippen LogP contribution is 2.25. The quantitative estimate of drug-likeness (QED) is 0.778. The van der Waals surface area contributed by atoms with E-state index in [1.54, 1.807) is 13.2 Å². The van der Waals surface area contributed by atoms with Gasteiger partial charge in [-0.2, -0.15) is 0 Å². The summed E-state index contributed by atoms with van der Waals surface area (Å²) in [6, 6.07) is 1.68. The van der Waals surface area contributed by atoms with Crippen LogP contribution in [0.15, 0.2) is 12.4 Å². The molecule has 0 amide bonds. The Hall–Kier alpha value is -1.79. The first-order valence-corrected chi connectivity index (χ1v) is 6.15. The molecule has 0 aromatic carbocycles. The van der Waals surface area contributed by atoms with E-state index in [9.17, 15) is 0 Å². The van der Waals surface area contributed by atoms with Gasteiger partial charge in [0.2, 0.25) is 5.88 Å². The van der Waals surface area contributed by atoms with E-state index in [1.807, 2.05) is 0 Å². The number of hydrogen-bond acceptors (Lipinski definition) is 6. The van der Waals surface area contributed by atoms with Gasteiger partial charge >= 0.3 is 0 Å². The van der Waals surface area contributed by atoms with E-state index in [2.05, 4.69) is 19.9 Å². The summed E-state index contributed by atoms with van der Waals surface area (Å²) in [7, 11) is 1.55. The maximum atomic E-state index is 6.17. The number of fused-ring (bicyclic) bond motifs is 1. The minimum Gasteiger partial charge on any atom is -0.481 e. The van der Waals surface area contributed by atoms with Crippen molar-refractivity contribution in [3.05, 3.63) is 28.8 Å². The number of halogens is 1. The van der Waals surface area contributed by atoms with E-state index in [1.165, 1.54) is 6.33 Å². The van der Waals surface area contributed by atoms with E-state index in [-0.39, 0.29) is 0 Å². The fourth-order valence-corrected chi connectivity index (χ4v) is 2.12. The lowest BCUT2D eigenvalue weighted by molar-refractivity contribution is 0.109. The molecule has 0 bridgehead atoms. The summed E-state index contributed by atoms with van der Waals surface area (Å²) in [5.41, 5.74) is 2.36. The fourth-order valence-electron chi connectivity index (χ4n) is 1.88. The molecule has 0 N–H and O–H groups in total. The zero-order chi connectivity index (χ0) is 13.2. The van der Waals surface area contributed by atoms with E-state index in [4.69, 9.17) is 21.1 Å². The van der Waals surface area contributed by atoms with Gasteiger partial charge < -0.3 is 9.47 Å². The van der Waals surface area contributed by atoms with Crippen LogP contribution in [0.1, 0.15) is 11.3 Å². The monoisotopic (exact) mass is 278 g/mol. The van der Waals surface area contributed by atoms with Crippen LogP contribution in [0.3, 0.4) is 0 Å². The van der Waals surface area contributed by atoms with Gasteiger partial charge in [-0.1, -0.05) is 11.6 Å². The molecule has 0 spiro atoms. The van der Waals surface area contributed by atoms with E-state index in [0.717, 1.165) is 17.7 Å². The number of aromatic nitrogens is 4. The van der Waals surface area contributed by atoms with Crippen LogP contribution in [0, 0.1) is 0 Å². The predicted molar refractivity (Wildman–Crippen MR) is 68.0 cm³/mol. The first kappa shape index (κ1) is 12.3. The molecular weight excluding hydrogens is 268 g/mol.